The molecule has 1 N–H and O–H groups in total. The second kappa shape index (κ2) is 10.5. The van der Waals surface area contributed by atoms with Crippen LogP contribution in [0.15, 0.2) is 46.3 Å². The standard InChI is InChI=1S/C18H24N2O2S2/c1-14(2)24-13-15-12-17(21)20-18(19-15)23-11-7-6-10-22-16-8-4-3-5-9-16/h3-5,8-9,12,14H,6-7,10-11,13H2,1-2H3,(H,19,20,21). The summed E-state index contributed by atoms with van der Waals surface area (Å²) in [6.07, 6.45) is 2.00. The zero-order chi connectivity index (χ0) is 17.2. The Balaban J connectivity index is 1.69. The van der Waals surface area contributed by atoms with Crippen LogP contribution in [0.2, 0.25) is 0 Å². The number of aromatic nitrogens is 2. The van der Waals surface area contributed by atoms with Crippen LogP contribution in [-0.2, 0) is 5.75 Å². The van der Waals surface area contributed by atoms with Crippen LogP contribution in [0.3, 0.4) is 0 Å². The highest BCUT2D eigenvalue weighted by atomic mass is 32.2. The largest absolute Gasteiger partial charge is 0.494 e. The number of rotatable bonds is 10. The first-order chi connectivity index (χ1) is 11.6. The smallest absolute Gasteiger partial charge is 0.251 e. The van der Waals surface area contributed by atoms with Crippen LogP contribution in [0.1, 0.15) is 32.4 Å². The minimum atomic E-state index is -0.0701. The number of H-pyrrole nitrogens is 1. The minimum Gasteiger partial charge on any atom is -0.494 e. The number of hydrogen-bond acceptors (Lipinski definition) is 5. The molecular weight excluding hydrogens is 340 g/mol. The first-order valence-corrected chi connectivity index (χ1v) is 10.2. The molecule has 2 rings (SSSR count). The number of unbranched alkanes of at least 4 members (excludes halogenated alkanes) is 1. The average molecular weight is 365 g/mol. The normalized spacial score (nSPS) is 11.0. The number of ether oxygens (including phenoxy) is 1. The van der Waals surface area contributed by atoms with Gasteiger partial charge < -0.3 is 9.72 Å². The van der Waals surface area contributed by atoms with Gasteiger partial charge in [-0.05, 0) is 30.2 Å². The molecule has 0 aliphatic heterocycles. The van der Waals surface area contributed by atoms with E-state index in [-0.39, 0.29) is 5.56 Å². The highest BCUT2D eigenvalue weighted by Gasteiger charge is 2.04. The van der Waals surface area contributed by atoms with Crippen molar-refractivity contribution in [2.24, 2.45) is 0 Å². The maximum Gasteiger partial charge on any atom is 0.251 e. The summed E-state index contributed by atoms with van der Waals surface area (Å²) in [4.78, 5) is 19.0. The number of para-hydroxylation sites is 1. The zero-order valence-electron chi connectivity index (χ0n) is 14.2. The van der Waals surface area contributed by atoms with E-state index in [2.05, 4.69) is 23.8 Å². The molecule has 1 heterocycles. The summed E-state index contributed by atoms with van der Waals surface area (Å²) in [5, 5.41) is 1.25. The van der Waals surface area contributed by atoms with E-state index in [9.17, 15) is 4.79 Å². The minimum absolute atomic E-state index is 0.0701. The Morgan fingerprint density at radius 3 is 2.75 bits per heavy atom. The van der Waals surface area contributed by atoms with E-state index < -0.39 is 0 Å². The third-order valence-corrected chi connectivity index (χ3v) is 5.22. The van der Waals surface area contributed by atoms with E-state index in [4.69, 9.17) is 4.74 Å². The van der Waals surface area contributed by atoms with Gasteiger partial charge in [-0.25, -0.2) is 4.98 Å². The van der Waals surface area contributed by atoms with Crippen LogP contribution >= 0.6 is 23.5 Å². The fourth-order valence-corrected chi connectivity index (χ4v) is 3.51. The molecule has 0 aliphatic carbocycles. The molecule has 0 saturated heterocycles. The Kier molecular flexibility index (Phi) is 8.25. The Bertz CT molecular complexity index is 660. The van der Waals surface area contributed by atoms with Crippen molar-refractivity contribution in [3.05, 3.63) is 52.4 Å². The van der Waals surface area contributed by atoms with Gasteiger partial charge in [-0.15, -0.1) is 0 Å². The lowest BCUT2D eigenvalue weighted by Gasteiger charge is -2.07. The summed E-state index contributed by atoms with van der Waals surface area (Å²) in [5.41, 5.74) is 0.784. The SMILES string of the molecule is CC(C)SCc1cc(=O)[nH]c(SCCCCOc2ccccc2)n1. The molecule has 0 unspecified atom stereocenters. The lowest BCUT2D eigenvalue weighted by molar-refractivity contribution is 0.310. The van der Waals surface area contributed by atoms with E-state index in [1.165, 1.54) is 0 Å². The number of nitrogens with zero attached hydrogens (tertiary/aromatic N) is 1. The van der Waals surface area contributed by atoms with Gasteiger partial charge in [-0.1, -0.05) is 43.8 Å². The van der Waals surface area contributed by atoms with E-state index in [1.807, 2.05) is 30.3 Å². The summed E-state index contributed by atoms with van der Waals surface area (Å²) in [5.74, 6) is 2.61. The Morgan fingerprint density at radius 2 is 2.00 bits per heavy atom. The topological polar surface area (TPSA) is 55.0 Å². The summed E-state index contributed by atoms with van der Waals surface area (Å²) in [6.45, 7) is 5.00. The van der Waals surface area contributed by atoms with Crippen molar-refractivity contribution < 1.29 is 4.74 Å². The van der Waals surface area contributed by atoms with Crippen LogP contribution in [0.4, 0.5) is 0 Å². The summed E-state index contributed by atoms with van der Waals surface area (Å²) < 4.78 is 5.67. The molecule has 0 radical (unpaired) electrons. The highest BCUT2D eigenvalue weighted by Crippen LogP contribution is 2.18. The van der Waals surface area contributed by atoms with Crippen LogP contribution < -0.4 is 10.3 Å². The molecule has 0 bridgehead atoms. The molecular formula is C18H24N2O2S2. The van der Waals surface area contributed by atoms with Gasteiger partial charge in [0.1, 0.15) is 5.75 Å². The van der Waals surface area contributed by atoms with Gasteiger partial charge in [-0.2, -0.15) is 11.8 Å². The molecule has 0 aliphatic rings. The third kappa shape index (κ3) is 7.45. The van der Waals surface area contributed by atoms with E-state index in [0.29, 0.717) is 17.0 Å². The lowest BCUT2D eigenvalue weighted by Crippen LogP contribution is -2.10. The molecule has 1 aromatic carbocycles. The molecule has 0 atom stereocenters. The predicted molar refractivity (Wildman–Crippen MR) is 103 cm³/mol. The van der Waals surface area contributed by atoms with Gasteiger partial charge in [0.05, 0.1) is 12.3 Å². The fraction of sp³-hybridized carbons (Fsp3) is 0.444. The molecule has 0 fully saturated rings. The van der Waals surface area contributed by atoms with Crippen LogP contribution in [0, 0.1) is 0 Å². The Morgan fingerprint density at radius 1 is 1.21 bits per heavy atom. The van der Waals surface area contributed by atoms with Gasteiger partial charge in [0.2, 0.25) is 0 Å². The first kappa shape index (κ1) is 18.9. The molecule has 0 spiro atoms. The van der Waals surface area contributed by atoms with Gasteiger partial charge >= 0.3 is 0 Å². The second-order valence-corrected chi connectivity index (χ2v) is 8.27. The molecule has 4 nitrogen and oxygen atoms in total. The second-order valence-electron chi connectivity index (χ2n) is 5.62. The monoisotopic (exact) mass is 364 g/mol. The van der Waals surface area contributed by atoms with Crippen molar-refractivity contribution in [2.45, 2.75) is 42.8 Å². The van der Waals surface area contributed by atoms with Crippen LogP contribution in [0.5, 0.6) is 5.75 Å². The van der Waals surface area contributed by atoms with Gasteiger partial charge in [0.15, 0.2) is 5.16 Å². The summed E-state index contributed by atoms with van der Waals surface area (Å²) >= 11 is 3.39. The molecule has 0 amide bonds. The van der Waals surface area contributed by atoms with Crippen molar-refractivity contribution in [3.63, 3.8) is 0 Å². The average Bonchev–Trinajstić information content (AvgIpc) is 2.56. The number of nitrogens with one attached hydrogen (secondary N) is 1. The lowest BCUT2D eigenvalue weighted by atomic mass is 10.3. The van der Waals surface area contributed by atoms with E-state index in [1.54, 1.807) is 29.6 Å². The summed E-state index contributed by atoms with van der Waals surface area (Å²) in [7, 11) is 0. The number of benzene rings is 1. The molecule has 1 aromatic heterocycles. The van der Waals surface area contributed by atoms with Gasteiger partial charge in [0, 0.05) is 17.6 Å². The number of thioether (sulfide) groups is 2. The van der Waals surface area contributed by atoms with Crippen LogP contribution in [-0.4, -0.2) is 27.6 Å². The van der Waals surface area contributed by atoms with Gasteiger partial charge in [0.25, 0.3) is 5.56 Å². The zero-order valence-corrected chi connectivity index (χ0v) is 15.8. The molecule has 6 heteroatoms. The molecule has 130 valence electrons. The Labute approximate surface area is 151 Å². The van der Waals surface area contributed by atoms with Crippen molar-refractivity contribution >= 4 is 23.5 Å². The highest BCUT2D eigenvalue weighted by molar-refractivity contribution is 7.99. The van der Waals surface area contributed by atoms with Crippen LogP contribution in [0.25, 0.3) is 0 Å². The molecule has 0 saturated carbocycles. The first-order valence-electron chi connectivity index (χ1n) is 8.16. The maximum atomic E-state index is 11.7. The summed E-state index contributed by atoms with van der Waals surface area (Å²) in [6, 6.07) is 11.4. The quantitative estimate of drug-likeness (QED) is 0.385. The number of aromatic amines is 1. The fourth-order valence-electron chi connectivity index (χ4n) is 1.96. The van der Waals surface area contributed by atoms with Gasteiger partial charge in [-0.3, -0.25) is 4.79 Å². The van der Waals surface area contributed by atoms with E-state index in [0.717, 1.165) is 35.8 Å². The Hall–Kier alpha value is -1.40. The van der Waals surface area contributed by atoms with Crippen molar-refractivity contribution in [1.82, 2.24) is 9.97 Å². The molecule has 24 heavy (non-hydrogen) atoms. The third-order valence-electron chi connectivity index (χ3n) is 3.13. The van der Waals surface area contributed by atoms with Crippen molar-refractivity contribution in [1.29, 1.82) is 0 Å². The van der Waals surface area contributed by atoms with Crippen molar-refractivity contribution in [3.8, 4) is 5.75 Å². The molecule has 2 aromatic rings. The predicted octanol–water partition coefficient (Wildman–Crippen LogP) is 4.36. The van der Waals surface area contributed by atoms with E-state index >= 15 is 0 Å². The van der Waals surface area contributed by atoms with Crippen molar-refractivity contribution in [2.75, 3.05) is 12.4 Å². The maximum absolute atomic E-state index is 11.7. The number of hydrogen-bond donors (Lipinski definition) is 1.